The zero-order chi connectivity index (χ0) is 13.0. The van der Waals surface area contributed by atoms with Crippen molar-refractivity contribution in [2.24, 2.45) is 0 Å². The van der Waals surface area contributed by atoms with Crippen molar-refractivity contribution >= 4 is 11.3 Å². The quantitative estimate of drug-likeness (QED) is 0.821. The van der Waals surface area contributed by atoms with E-state index in [1.165, 1.54) is 6.33 Å². The Balaban J connectivity index is 2.04. The minimum Gasteiger partial charge on any atom is -0.372 e. The van der Waals surface area contributed by atoms with E-state index in [-0.39, 0.29) is 11.9 Å². The molecule has 2 aromatic rings. The van der Waals surface area contributed by atoms with Crippen molar-refractivity contribution in [2.45, 2.75) is 26.5 Å². The molecule has 0 bridgehead atoms. The number of thiazole rings is 1. The van der Waals surface area contributed by atoms with E-state index in [0.29, 0.717) is 13.2 Å². The number of nitriles is 1. The molecular weight excluding hydrogens is 250 g/mol. The summed E-state index contributed by atoms with van der Waals surface area (Å²) >= 11 is 1.57. The van der Waals surface area contributed by atoms with Gasteiger partial charge in [0.1, 0.15) is 23.5 Å². The molecule has 0 aliphatic heterocycles. The second kappa shape index (κ2) is 5.71. The van der Waals surface area contributed by atoms with Crippen LogP contribution in [0.3, 0.4) is 0 Å². The van der Waals surface area contributed by atoms with Gasteiger partial charge >= 0.3 is 0 Å². The maximum absolute atomic E-state index is 8.63. The van der Waals surface area contributed by atoms with Gasteiger partial charge in [-0.2, -0.15) is 5.26 Å². The molecule has 0 aliphatic rings. The molecule has 2 heterocycles. The summed E-state index contributed by atoms with van der Waals surface area (Å²) in [4.78, 5) is 8.33. The normalized spacial score (nSPS) is 12.3. The van der Waals surface area contributed by atoms with E-state index < -0.39 is 0 Å². The van der Waals surface area contributed by atoms with Crippen molar-refractivity contribution in [3.8, 4) is 6.07 Å². The highest BCUT2D eigenvalue weighted by atomic mass is 32.1. The molecule has 0 aliphatic carbocycles. The number of nitrogens with zero attached hydrogens (tertiary/aromatic N) is 5. The van der Waals surface area contributed by atoms with Crippen LogP contribution in [0.4, 0.5) is 0 Å². The van der Waals surface area contributed by atoms with E-state index in [4.69, 9.17) is 10.00 Å². The van der Waals surface area contributed by atoms with Gasteiger partial charge in [0.25, 0.3) is 5.82 Å². The van der Waals surface area contributed by atoms with Gasteiger partial charge in [-0.05, 0) is 13.8 Å². The summed E-state index contributed by atoms with van der Waals surface area (Å²) in [5, 5.41) is 15.5. The van der Waals surface area contributed by atoms with Gasteiger partial charge in [-0.3, -0.25) is 0 Å². The molecule has 0 saturated carbocycles. The molecule has 2 rings (SSSR count). The minimum absolute atomic E-state index is 0.0131. The van der Waals surface area contributed by atoms with Gasteiger partial charge in [-0.1, -0.05) is 0 Å². The average Bonchev–Trinajstić information content (AvgIpc) is 2.99. The number of hydrogen-bond donors (Lipinski definition) is 0. The summed E-state index contributed by atoms with van der Waals surface area (Å²) in [6.07, 6.45) is 1.54. The molecular formula is C11H13N5OS. The van der Waals surface area contributed by atoms with Crippen molar-refractivity contribution < 1.29 is 4.74 Å². The first kappa shape index (κ1) is 12.7. The summed E-state index contributed by atoms with van der Waals surface area (Å²) in [6, 6.07) is 1.89. The molecule has 0 radical (unpaired) electrons. The molecule has 6 nitrogen and oxygen atoms in total. The number of hydrogen-bond acceptors (Lipinski definition) is 6. The molecule has 0 unspecified atom stereocenters. The highest BCUT2D eigenvalue weighted by molar-refractivity contribution is 7.09. The van der Waals surface area contributed by atoms with Crippen LogP contribution in [0.2, 0.25) is 0 Å². The second-order valence-corrected chi connectivity index (χ2v) is 4.54. The van der Waals surface area contributed by atoms with Gasteiger partial charge in [0.2, 0.25) is 0 Å². The maximum Gasteiger partial charge on any atom is 0.252 e. The number of ether oxygens (including phenoxy) is 1. The Morgan fingerprint density at radius 1 is 1.61 bits per heavy atom. The first-order chi connectivity index (χ1) is 8.72. The van der Waals surface area contributed by atoms with Crippen LogP contribution in [-0.2, 0) is 11.3 Å². The molecule has 0 aromatic carbocycles. The Kier molecular flexibility index (Phi) is 4.02. The zero-order valence-corrected chi connectivity index (χ0v) is 11.0. The van der Waals surface area contributed by atoms with Crippen molar-refractivity contribution in [3.05, 3.63) is 28.2 Å². The van der Waals surface area contributed by atoms with Crippen molar-refractivity contribution in [3.63, 3.8) is 0 Å². The SMILES string of the molecule is CCO[C@H](C)c1nc(Cn2cnc(C#N)n2)cs1. The van der Waals surface area contributed by atoms with Crippen LogP contribution in [-0.4, -0.2) is 26.4 Å². The fourth-order valence-corrected chi connectivity index (χ4v) is 2.30. The Bertz CT molecular complexity index is 556. The molecule has 0 N–H and O–H groups in total. The molecule has 0 spiro atoms. The molecule has 94 valence electrons. The van der Waals surface area contributed by atoms with E-state index in [0.717, 1.165) is 10.7 Å². The molecule has 1 atom stereocenters. The molecule has 0 saturated heterocycles. The summed E-state index contributed by atoms with van der Waals surface area (Å²) in [6.45, 7) is 5.13. The number of rotatable bonds is 5. The molecule has 0 amide bonds. The largest absolute Gasteiger partial charge is 0.372 e. The van der Waals surface area contributed by atoms with Crippen LogP contribution >= 0.6 is 11.3 Å². The van der Waals surface area contributed by atoms with Gasteiger partial charge in [-0.25, -0.2) is 14.6 Å². The van der Waals surface area contributed by atoms with Crippen LogP contribution in [0.1, 0.15) is 36.5 Å². The van der Waals surface area contributed by atoms with Crippen LogP contribution in [0.15, 0.2) is 11.7 Å². The lowest BCUT2D eigenvalue weighted by Gasteiger charge is -2.06. The predicted molar refractivity (Wildman–Crippen MR) is 66.0 cm³/mol. The van der Waals surface area contributed by atoms with Gasteiger partial charge in [0, 0.05) is 12.0 Å². The topological polar surface area (TPSA) is 76.6 Å². The Morgan fingerprint density at radius 2 is 2.44 bits per heavy atom. The summed E-state index contributed by atoms with van der Waals surface area (Å²) in [7, 11) is 0. The third-order valence-corrected chi connectivity index (χ3v) is 3.35. The molecule has 2 aromatic heterocycles. The molecule has 7 heteroatoms. The fraction of sp³-hybridized carbons (Fsp3) is 0.455. The van der Waals surface area contributed by atoms with Crippen molar-refractivity contribution in [2.75, 3.05) is 6.61 Å². The van der Waals surface area contributed by atoms with Crippen molar-refractivity contribution in [1.29, 1.82) is 5.26 Å². The van der Waals surface area contributed by atoms with E-state index >= 15 is 0 Å². The van der Waals surface area contributed by atoms with Crippen LogP contribution in [0.25, 0.3) is 0 Å². The second-order valence-electron chi connectivity index (χ2n) is 3.65. The average molecular weight is 263 g/mol. The third-order valence-electron chi connectivity index (χ3n) is 2.29. The minimum atomic E-state index is 0.0131. The van der Waals surface area contributed by atoms with E-state index in [1.54, 1.807) is 16.0 Å². The van der Waals surface area contributed by atoms with E-state index in [2.05, 4.69) is 15.1 Å². The first-order valence-electron chi connectivity index (χ1n) is 5.58. The monoisotopic (exact) mass is 263 g/mol. The van der Waals surface area contributed by atoms with E-state index in [9.17, 15) is 0 Å². The lowest BCUT2D eigenvalue weighted by molar-refractivity contribution is 0.0761. The Morgan fingerprint density at radius 3 is 3.11 bits per heavy atom. The Hall–Kier alpha value is -1.78. The highest BCUT2D eigenvalue weighted by Gasteiger charge is 2.11. The summed E-state index contributed by atoms with van der Waals surface area (Å²) in [5.74, 6) is 0.174. The Labute approximate surface area is 109 Å². The van der Waals surface area contributed by atoms with Gasteiger partial charge in [0.15, 0.2) is 0 Å². The summed E-state index contributed by atoms with van der Waals surface area (Å²) < 4.78 is 7.08. The predicted octanol–water partition coefficient (Wildman–Crippen LogP) is 1.75. The highest BCUT2D eigenvalue weighted by Crippen LogP contribution is 2.21. The number of aromatic nitrogens is 4. The lowest BCUT2D eigenvalue weighted by Crippen LogP contribution is -2.03. The van der Waals surface area contributed by atoms with Gasteiger partial charge in [-0.15, -0.1) is 16.4 Å². The third kappa shape index (κ3) is 2.91. The molecule has 0 fully saturated rings. The molecule has 18 heavy (non-hydrogen) atoms. The summed E-state index contributed by atoms with van der Waals surface area (Å²) in [5.41, 5.74) is 0.899. The lowest BCUT2D eigenvalue weighted by atomic mass is 10.4. The van der Waals surface area contributed by atoms with Crippen molar-refractivity contribution in [1.82, 2.24) is 19.7 Å². The first-order valence-corrected chi connectivity index (χ1v) is 6.46. The van der Waals surface area contributed by atoms with Crippen LogP contribution in [0, 0.1) is 11.3 Å². The fourth-order valence-electron chi connectivity index (χ4n) is 1.49. The zero-order valence-electron chi connectivity index (χ0n) is 10.2. The smallest absolute Gasteiger partial charge is 0.252 e. The van der Waals surface area contributed by atoms with Crippen LogP contribution in [0.5, 0.6) is 0 Å². The van der Waals surface area contributed by atoms with Gasteiger partial charge < -0.3 is 4.74 Å². The van der Waals surface area contributed by atoms with Gasteiger partial charge in [0.05, 0.1) is 12.2 Å². The standard InChI is InChI=1S/C11H13N5OS/c1-3-17-8(2)11-14-9(6-18-11)5-16-7-13-10(4-12)15-16/h6-8H,3,5H2,1-2H3/t8-/m1/s1. The van der Waals surface area contributed by atoms with Crippen LogP contribution < -0.4 is 0 Å². The van der Waals surface area contributed by atoms with E-state index in [1.807, 2.05) is 25.3 Å². The maximum atomic E-state index is 8.63.